The maximum atomic E-state index is 12.9. The normalized spacial score (nSPS) is 24.3. The van der Waals surface area contributed by atoms with Crippen LogP contribution in [-0.2, 0) is 14.3 Å². The first-order valence-corrected chi connectivity index (χ1v) is 8.62. The molecule has 2 atom stereocenters. The molecule has 1 fully saturated rings. The number of nitrogens with zero attached hydrogens (tertiary/aromatic N) is 2. The summed E-state index contributed by atoms with van der Waals surface area (Å²) in [5.74, 6) is -1.24. The van der Waals surface area contributed by atoms with Crippen LogP contribution in [-0.4, -0.2) is 45.9 Å². The first kappa shape index (κ1) is 17.6. The molecule has 3 rings (SSSR count). The zero-order valence-electron chi connectivity index (χ0n) is 14.9. The molecule has 25 heavy (non-hydrogen) atoms. The summed E-state index contributed by atoms with van der Waals surface area (Å²) in [6.45, 7) is 6.34. The first-order chi connectivity index (χ1) is 11.8. The molecule has 2 aliphatic rings. The summed E-state index contributed by atoms with van der Waals surface area (Å²) in [4.78, 5) is 31.5. The van der Waals surface area contributed by atoms with Crippen LogP contribution in [0.5, 0.6) is 0 Å². The summed E-state index contributed by atoms with van der Waals surface area (Å²) in [7, 11) is 0. The third-order valence-electron chi connectivity index (χ3n) is 4.62. The van der Waals surface area contributed by atoms with Crippen LogP contribution in [0.15, 0.2) is 35.7 Å². The van der Waals surface area contributed by atoms with Crippen molar-refractivity contribution < 1.29 is 19.4 Å². The van der Waals surface area contributed by atoms with Crippen LogP contribution in [0.4, 0.5) is 0 Å². The average Bonchev–Trinajstić information content (AvgIpc) is 3.16. The predicted octanol–water partition coefficient (Wildman–Crippen LogP) is 2.57. The Balaban J connectivity index is 2.02. The van der Waals surface area contributed by atoms with E-state index in [4.69, 9.17) is 4.74 Å². The van der Waals surface area contributed by atoms with Gasteiger partial charge in [-0.1, -0.05) is 26.8 Å². The van der Waals surface area contributed by atoms with Crippen molar-refractivity contribution in [3.8, 4) is 0 Å². The van der Waals surface area contributed by atoms with Crippen molar-refractivity contribution in [2.45, 2.75) is 45.8 Å². The second kappa shape index (κ2) is 6.59. The summed E-state index contributed by atoms with van der Waals surface area (Å²) in [5, 5.41) is 10.5. The number of carbonyl (C=O) groups excluding carboxylic acids is 2. The Bertz CT molecular complexity index is 700. The van der Waals surface area contributed by atoms with E-state index in [9.17, 15) is 14.7 Å². The molecule has 134 valence electrons. The van der Waals surface area contributed by atoms with Gasteiger partial charge < -0.3 is 14.7 Å². The van der Waals surface area contributed by atoms with Crippen molar-refractivity contribution in [1.29, 1.82) is 0 Å². The van der Waals surface area contributed by atoms with E-state index >= 15 is 0 Å². The number of carbonyl (C=O) groups is 2. The van der Waals surface area contributed by atoms with Gasteiger partial charge in [-0.05, 0) is 25.0 Å². The van der Waals surface area contributed by atoms with E-state index in [-0.39, 0.29) is 17.5 Å². The fourth-order valence-electron chi connectivity index (χ4n) is 3.33. The summed E-state index contributed by atoms with van der Waals surface area (Å²) in [6.07, 6.45) is 3.36. The minimum Gasteiger partial charge on any atom is -0.503 e. The molecule has 0 spiro atoms. The molecule has 1 aromatic heterocycles. The van der Waals surface area contributed by atoms with Gasteiger partial charge in [-0.2, -0.15) is 0 Å². The summed E-state index contributed by atoms with van der Waals surface area (Å²) in [6, 6.07) is 4.68. The van der Waals surface area contributed by atoms with Crippen molar-refractivity contribution in [3.63, 3.8) is 0 Å². The minimum absolute atomic E-state index is 0.0768. The van der Waals surface area contributed by atoms with Gasteiger partial charge >= 0.3 is 0 Å². The van der Waals surface area contributed by atoms with Gasteiger partial charge in [0.25, 0.3) is 5.91 Å². The van der Waals surface area contributed by atoms with Gasteiger partial charge in [-0.15, -0.1) is 0 Å². The van der Waals surface area contributed by atoms with Gasteiger partial charge in [-0.25, -0.2) is 0 Å². The van der Waals surface area contributed by atoms with Crippen LogP contribution in [0.1, 0.15) is 45.3 Å². The molecule has 6 heteroatoms. The molecule has 1 amide bonds. The molecule has 6 nitrogen and oxygen atoms in total. The highest BCUT2D eigenvalue weighted by atomic mass is 16.5. The molecule has 0 aromatic carbocycles. The molecule has 0 bridgehead atoms. The molecule has 1 N–H and O–H groups in total. The first-order valence-electron chi connectivity index (χ1n) is 8.62. The van der Waals surface area contributed by atoms with Gasteiger partial charge in [0.15, 0.2) is 11.5 Å². The number of aliphatic hydroxyl groups excluding tert-OH is 1. The van der Waals surface area contributed by atoms with Gasteiger partial charge in [-0.3, -0.25) is 14.6 Å². The lowest BCUT2D eigenvalue weighted by atomic mass is 9.83. The molecular weight excluding hydrogens is 320 g/mol. The van der Waals surface area contributed by atoms with Crippen LogP contribution in [0.25, 0.3) is 0 Å². The molecule has 2 unspecified atom stereocenters. The number of Topliss-reactive ketones (excluding diaryl/α,β-unsaturated/α-hetero) is 1. The highest BCUT2D eigenvalue weighted by Crippen LogP contribution is 2.40. The number of rotatable bonds is 4. The number of ether oxygens (including phenoxy) is 1. The van der Waals surface area contributed by atoms with E-state index in [1.807, 2.05) is 6.07 Å². The number of aromatic nitrogens is 1. The van der Waals surface area contributed by atoms with Crippen LogP contribution in [0.3, 0.4) is 0 Å². The van der Waals surface area contributed by atoms with Crippen LogP contribution >= 0.6 is 0 Å². The largest absolute Gasteiger partial charge is 0.503 e. The van der Waals surface area contributed by atoms with Gasteiger partial charge in [0.1, 0.15) is 6.04 Å². The monoisotopic (exact) mass is 344 g/mol. The van der Waals surface area contributed by atoms with Crippen molar-refractivity contribution in [3.05, 3.63) is 41.4 Å². The van der Waals surface area contributed by atoms with Crippen molar-refractivity contribution in [1.82, 2.24) is 9.88 Å². The average molecular weight is 344 g/mol. The van der Waals surface area contributed by atoms with Gasteiger partial charge in [0.05, 0.1) is 17.4 Å². The highest BCUT2D eigenvalue weighted by Gasteiger charge is 2.47. The van der Waals surface area contributed by atoms with Crippen molar-refractivity contribution >= 4 is 11.7 Å². The molecule has 0 radical (unpaired) electrons. The Kier molecular flexibility index (Phi) is 4.64. The molecular formula is C19H24N2O4. The Morgan fingerprint density at radius 2 is 2.16 bits per heavy atom. The van der Waals surface area contributed by atoms with Crippen LogP contribution in [0.2, 0.25) is 0 Å². The second-order valence-corrected chi connectivity index (χ2v) is 7.59. The molecule has 0 saturated carbocycles. The number of pyridine rings is 1. The topological polar surface area (TPSA) is 79.7 Å². The second-order valence-electron chi connectivity index (χ2n) is 7.59. The van der Waals surface area contributed by atoms with E-state index < -0.39 is 23.1 Å². The lowest BCUT2D eigenvalue weighted by Crippen LogP contribution is -2.38. The van der Waals surface area contributed by atoms with Crippen molar-refractivity contribution in [2.24, 2.45) is 5.41 Å². The lowest BCUT2D eigenvalue weighted by molar-refractivity contribution is -0.131. The number of aliphatic hydroxyl groups is 1. The molecule has 0 aliphatic carbocycles. The third kappa shape index (κ3) is 3.31. The summed E-state index contributed by atoms with van der Waals surface area (Å²) < 4.78 is 5.65. The SMILES string of the molecule is CC(C)(C)C(=O)C1=C(O)C(=O)N(CC2CCCO2)C1c1ccccn1. The molecule has 1 saturated heterocycles. The third-order valence-corrected chi connectivity index (χ3v) is 4.62. The Hall–Kier alpha value is -2.21. The van der Waals surface area contributed by atoms with Gasteiger partial charge in [0.2, 0.25) is 0 Å². The smallest absolute Gasteiger partial charge is 0.290 e. The number of hydrogen-bond acceptors (Lipinski definition) is 5. The lowest BCUT2D eigenvalue weighted by Gasteiger charge is -2.29. The standard InChI is InChI=1S/C19H24N2O4/c1-19(2,3)17(23)14-15(13-8-4-5-9-20-13)21(18(24)16(14)22)11-12-7-6-10-25-12/h4-5,8-9,12,15,22H,6-7,10-11H2,1-3H3. The molecule has 1 aromatic rings. The minimum atomic E-state index is -0.712. The number of hydrogen-bond donors (Lipinski definition) is 1. The van der Waals surface area contributed by atoms with E-state index in [2.05, 4.69) is 4.98 Å². The maximum Gasteiger partial charge on any atom is 0.290 e. The number of ketones is 1. The maximum absolute atomic E-state index is 12.9. The van der Waals surface area contributed by atoms with Crippen molar-refractivity contribution in [2.75, 3.05) is 13.2 Å². The summed E-state index contributed by atoms with van der Waals surface area (Å²) >= 11 is 0. The quantitative estimate of drug-likeness (QED) is 0.908. The van der Waals surface area contributed by atoms with E-state index in [1.54, 1.807) is 39.1 Å². The van der Waals surface area contributed by atoms with E-state index in [0.717, 1.165) is 12.8 Å². The molecule has 3 heterocycles. The van der Waals surface area contributed by atoms with E-state index in [0.29, 0.717) is 18.8 Å². The van der Waals surface area contributed by atoms with Crippen LogP contribution in [0, 0.1) is 5.41 Å². The van der Waals surface area contributed by atoms with Gasteiger partial charge in [0, 0.05) is 24.8 Å². The Morgan fingerprint density at radius 3 is 2.72 bits per heavy atom. The Morgan fingerprint density at radius 1 is 1.40 bits per heavy atom. The predicted molar refractivity (Wildman–Crippen MR) is 91.8 cm³/mol. The Labute approximate surface area is 147 Å². The zero-order valence-corrected chi connectivity index (χ0v) is 14.9. The fraction of sp³-hybridized carbons (Fsp3) is 0.526. The number of amides is 1. The highest BCUT2D eigenvalue weighted by molar-refractivity contribution is 6.10. The summed E-state index contributed by atoms with van der Waals surface area (Å²) in [5.41, 5.74) is -0.00376. The van der Waals surface area contributed by atoms with E-state index in [1.165, 1.54) is 4.90 Å². The molecule has 2 aliphatic heterocycles. The zero-order chi connectivity index (χ0) is 18.2. The fourth-order valence-corrected chi connectivity index (χ4v) is 3.33. The van der Waals surface area contributed by atoms with Crippen LogP contribution < -0.4 is 0 Å².